The van der Waals surface area contributed by atoms with Crippen LogP contribution in [0.3, 0.4) is 0 Å². The van der Waals surface area contributed by atoms with Crippen LogP contribution in [0.2, 0.25) is 5.02 Å². The number of hydrogen-bond acceptors (Lipinski definition) is 6. The van der Waals surface area contributed by atoms with Crippen LogP contribution in [0.25, 0.3) is 6.08 Å². The molecule has 1 heterocycles. The molecule has 0 atom stereocenters. The van der Waals surface area contributed by atoms with Crippen LogP contribution in [-0.4, -0.2) is 30.7 Å². The Kier molecular flexibility index (Phi) is 9.97. The summed E-state index contributed by atoms with van der Waals surface area (Å²) < 4.78 is 12.2. The highest BCUT2D eigenvalue weighted by atomic mass is 127. The van der Waals surface area contributed by atoms with Crippen LogP contribution in [0, 0.1) is 24.3 Å². The predicted octanol–water partition coefficient (Wildman–Crippen LogP) is 8.70. The number of carbonyl (C=O) groups excluding carboxylic acids is 2. The molecule has 1 aliphatic heterocycles. The molecule has 1 fully saturated rings. The summed E-state index contributed by atoms with van der Waals surface area (Å²) >= 11 is 9.62. The molecule has 7 nitrogen and oxygen atoms in total. The number of thioether (sulfide) groups is 1. The highest BCUT2D eigenvalue weighted by molar-refractivity contribution is 14.1. The van der Waals surface area contributed by atoms with Crippen molar-refractivity contribution in [2.45, 2.75) is 20.8 Å². The van der Waals surface area contributed by atoms with Crippen molar-refractivity contribution in [2.24, 2.45) is 4.99 Å². The topological polar surface area (TPSA) is 80.2 Å². The number of amides is 2. The third kappa shape index (κ3) is 7.46. The van der Waals surface area contributed by atoms with Gasteiger partial charge >= 0.3 is 0 Å². The summed E-state index contributed by atoms with van der Waals surface area (Å²) in [6, 6.07) is 24.6. The Morgan fingerprint density at radius 1 is 1.00 bits per heavy atom. The molecule has 5 rings (SSSR count). The number of halogens is 2. The van der Waals surface area contributed by atoms with Gasteiger partial charge in [0, 0.05) is 10.7 Å². The molecule has 1 aliphatic rings. The number of anilines is 2. The van der Waals surface area contributed by atoms with Crippen LogP contribution in [0.1, 0.15) is 22.3 Å². The largest absolute Gasteiger partial charge is 0.493 e. The quantitative estimate of drug-likeness (QED) is 0.145. The number of rotatable bonds is 8. The number of ether oxygens (including phenoxy) is 2. The number of nitrogens with zero attached hydrogens (tertiary/aromatic N) is 2. The van der Waals surface area contributed by atoms with Crippen molar-refractivity contribution in [3.05, 3.63) is 115 Å². The van der Waals surface area contributed by atoms with E-state index in [4.69, 9.17) is 26.1 Å². The van der Waals surface area contributed by atoms with E-state index >= 15 is 0 Å². The van der Waals surface area contributed by atoms with Gasteiger partial charge in [0.2, 0.25) is 0 Å². The maximum atomic E-state index is 13.8. The number of nitrogens with one attached hydrogen (secondary N) is 1. The highest BCUT2D eigenvalue weighted by Crippen LogP contribution is 2.40. The van der Waals surface area contributed by atoms with Crippen LogP contribution in [-0.2, 0) is 9.59 Å². The van der Waals surface area contributed by atoms with E-state index in [0.29, 0.717) is 32.3 Å². The molecule has 224 valence electrons. The van der Waals surface area contributed by atoms with Gasteiger partial charge in [0.05, 0.1) is 27.0 Å². The molecule has 1 N–H and O–H groups in total. The minimum atomic E-state index is -0.335. The molecule has 4 aromatic rings. The molecule has 10 heteroatoms. The molecule has 0 radical (unpaired) electrons. The summed E-state index contributed by atoms with van der Waals surface area (Å²) in [5, 5.41) is 3.92. The van der Waals surface area contributed by atoms with Crippen molar-refractivity contribution in [2.75, 3.05) is 23.9 Å². The first-order chi connectivity index (χ1) is 21.1. The Hall–Kier alpha value is -3.80. The van der Waals surface area contributed by atoms with Crippen LogP contribution in [0.5, 0.6) is 11.5 Å². The van der Waals surface area contributed by atoms with E-state index in [0.717, 1.165) is 37.2 Å². The average molecular weight is 738 g/mol. The summed E-state index contributed by atoms with van der Waals surface area (Å²) in [6.45, 7) is 5.69. The Morgan fingerprint density at radius 3 is 2.34 bits per heavy atom. The maximum absolute atomic E-state index is 13.8. The maximum Gasteiger partial charge on any atom is 0.271 e. The molecule has 0 aliphatic carbocycles. The standard InChI is InChI=1S/C34H29ClIN3O4S/c1-20-5-10-24(11-6-20)38-34-39(26-13-7-21(2)8-14-26)33(41)30(44-34)17-23-15-28(36)32(29(16-23)42-4)43-19-31(40)37-25-12-9-22(3)27(35)18-25/h5-18H,19H2,1-4H3,(H,37,40)/b30-17-,38-34?. The SMILES string of the molecule is COc1cc(/C=C2\SC(=Nc3ccc(C)cc3)N(c3ccc(C)cc3)C2=O)cc(I)c1OCC(=O)Nc1ccc(C)c(Cl)c1. The molecule has 0 bridgehead atoms. The molecule has 4 aromatic carbocycles. The normalized spacial score (nSPS) is 14.8. The average Bonchev–Trinajstić information content (AvgIpc) is 3.29. The van der Waals surface area contributed by atoms with Gasteiger partial charge in [0.1, 0.15) is 0 Å². The van der Waals surface area contributed by atoms with Gasteiger partial charge < -0.3 is 14.8 Å². The van der Waals surface area contributed by atoms with E-state index in [1.165, 1.54) is 18.9 Å². The van der Waals surface area contributed by atoms with E-state index in [9.17, 15) is 9.59 Å². The van der Waals surface area contributed by atoms with Crippen molar-refractivity contribution in [1.82, 2.24) is 0 Å². The van der Waals surface area contributed by atoms with Gasteiger partial charge in [-0.05, 0) is 121 Å². The second kappa shape index (κ2) is 13.9. The summed E-state index contributed by atoms with van der Waals surface area (Å²) in [7, 11) is 1.53. The Bertz CT molecular complexity index is 1790. The number of aliphatic imine (C=N–C) groups is 1. The number of aryl methyl sites for hydroxylation is 3. The van der Waals surface area contributed by atoms with Crippen LogP contribution < -0.4 is 19.7 Å². The smallest absolute Gasteiger partial charge is 0.271 e. The van der Waals surface area contributed by atoms with E-state index in [1.807, 2.05) is 87.5 Å². The zero-order valence-electron chi connectivity index (χ0n) is 24.5. The minimum absolute atomic E-state index is 0.174. The van der Waals surface area contributed by atoms with Crippen molar-refractivity contribution in [1.29, 1.82) is 0 Å². The molecular weight excluding hydrogens is 709 g/mol. The first kappa shape index (κ1) is 31.6. The fourth-order valence-electron chi connectivity index (χ4n) is 4.32. The first-order valence-corrected chi connectivity index (χ1v) is 15.9. The van der Waals surface area contributed by atoms with Crippen LogP contribution in [0.4, 0.5) is 17.1 Å². The number of amidine groups is 1. The fraction of sp³-hybridized carbons (Fsp3) is 0.147. The van der Waals surface area contributed by atoms with Gasteiger partial charge in [-0.15, -0.1) is 0 Å². The van der Waals surface area contributed by atoms with E-state index < -0.39 is 0 Å². The van der Waals surface area contributed by atoms with Gasteiger partial charge in [-0.2, -0.15) is 0 Å². The second-order valence-electron chi connectivity index (χ2n) is 10.2. The van der Waals surface area contributed by atoms with Crippen LogP contribution >= 0.6 is 46.0 Å². The monoisotopic (exact) mass is 737 g/mol. The lowest BCUT2D eigenvalue weighted by atomic mass is 10.1. The molecule has 2 amide bonds. The predicted molar refractivity (Wildman–Crippen MR) is 189 cm³/mol. The number of methoxy groups -OCH3 is 1. The Morgan fingerprint density at radius 2 is 1.68 bits per heavy atom. The van der Waals surface area contributed by atoms with Crippen LogP contribution in [0.15, 0.2) is 88.8 Å². The van der Waals surface area contributed by atoms with E-state index in [2.05, 4.69) is 27.9 Å². The van der Waals surface area contributed by atoms with E-state index in [1.54, 1.807) is 23.1 Å². The van der Waals surface area contributed by atoms with Gasteiger partial charge in [-0.25, -0.2) is 4.99 Å². The lowest BCUT2D eigenvalue weighted by Crippen LogP contribution is -2.28. The Balaban J connectivity index is 1.39. The van der Waals surface area contributed by atoms with Gasteiger partial charge in [-0.3, -0.25) is 14.5 Å². The summed E-state index contributed by atoms with van der Waals surface area (Å²) in [5.41, 5.74) is 5.98. The lowest BCUT2D eigenvalue weighted by molar-refractivity contribution is -0.118. The third-order valence-corrected chi connectivity index (χ3v) is 8.89. The van der Waals surface area contributed by atoms with Gasteiger partial charge in [0.15, 0.2) is 23.3 Å². The molecule has 0 unspecified atom stereocenters. The Labute approximate surface area is 279 Å². The zero-order chi connectivity index (χ0) is 31.4. The number of benzene rings is 4. The van der Waals surface area contributed by atoms with Gasteiger partial charge in [0.25, 0.3) is 11.8 Å². The van der Waals surface area contributed by atoms with Crippen molar-refractivity contribution in [3.8, 4) is 11.5 Å². The molecule has 0 spiro atoms. The highest BCUT2D eigenvalue weighted by Gasteiger charge is 2.35. The van der Waals surface area contributed by atoms with Crippen molar-refractivity contribution in [3.63, 3.8) is 0 Å². The molecule has 0 saturated carbocycles. The van der Waals surface area contributed by atoms with Crippen molar-refractivity contribution < 1.29 is 19.1 Å². The number of carbonyl (C=O) groups is 2. The number of hydrogen-bond donors (Lipinski definition) is 1. The molecular formula is C34H29ClIN3O4S. The zero-order valence-corrected chi connectivity index (χ0v) is 28.2. The van der Waals surface area contributed by atoms with Crippen molar-refractivity contribution >= 4 is 86.1 Å². The molecule has 1 saturated heterocycles. The lowest BCUT2D eigenvalue weighted by Gasteiger charge is -2.16. The summed E-state index contributed by atoms with van der Waals surface area (Å²) in [4.78, 5) is 33.3. The summed E-state index contributed by atoms with van der Waals surface area (Å²) in [6.07, 6.45) is 1.81. The fourth-order valence-corrected chi connectivity index (χ4v) is 6.28. The molecule has 44 heavy (non-hydrogen) atoms. The first-order valence-electron chi connectivity index (χ1n) is 13.6. The minimum Gasteiger partial charge on any atom is -0.493 e. The summed E-state index contributed by atoms with van der Waals surface area (Å²) in [5.74, 6) is 0.361. The molecule has 0 aromatic heterocycles. The van der Waals surface area contributed by atoms with Gasteiger partial charge in [-0.1, -0.05) is 53.1 Å². The van der Waals surface area contributed by atoms with E-state index in [-0.39, 0.29) is 18.4 Å². The third-order valence-electron chi connectivity index (χ3n) is 6.71. The second-order valence-corrected chi connectivity index (χ2v) is 12.7.